The van der Waals surface area contributed by atoms with Crippen molar-refractivity contribution in [2.24, 2.45) is 4.99 Å². The lowest BCUT2D eigenvalue weighted by molar-refractivity contribution is -0.222. The van der Waals surface area contributed by atoms with Crippen LogP contribution in [0.5, 0.6) is 23.0 Å². The fourth-order valence-corrected chi connectivity index (χ4v) is 17.5. The number of carbonyl (C=O) groups excluding carboxylic acids is 9. The molecule has 7 heterocycles. The monoisotopic (exact) mass is 1820 g/mol. The number of aliphatic imine (C=N–C) groups is 1. The summed E-state index contributed by atoms with van der Waals surface area (Å²) in [7, 11) is 6.04. The Hall–Kier alpha value is -10.7. The summed E-state index contributed by atoms with van der Waals surface area (Å²) >= 11 is 0.919. The topological polar surface area (TPSA) is 525 Å². The molecule has 43 heteroatoms. The molecule has 40 nitrogen and oxygen atoms in total. The number of aromatic nitrogens is 4. The number of H-pyrrole nitrogens is 1. The minimum Gasteiger partial charge on any atom is -0.493 e. The molecule has 10 rings (SSSR count). The van der Waals surface area contributed by atoms with E-state index in [1.54, 1.807) is 69.4 Å². The number of likely N-dealkylation sites (tertiary alicyclic amines) is 2. The summed E-state index contributed by atoms with van der Waals surface area (Å²) in [6.07, 6.45) is 4.53. The van der Waals surface area contributed by atoms with Crippen molar-refractivity contribution in [2.75, 3.05) is 174 Å². The van der Waals surface area contributed by atoms with Gasteiger partial charge in [-0.15, -0.1) is 11.8 Å². The van der Waals surface area contributed by atoms with Gasteiger partial charge >= 0.3 is 5.97 Å². The van der Waals surface area contributed by atoms with Crippen LogP contribution in [0.15, 0.2) is 88.8 Å². The van der Waals surface area contributed by atoms with E-state index in [0.29, 0.717) is 122 Å². The lowest BCUT2D eigenvalue weighted by Gasteiger charge is -2.36. The highest BCUT2D eigenvalue weighted by molar-refractivity contribution is 8.77. The van der Waals surface area contributed by atoms with Gasteiger partial charge in [-0.1, -0.05) is 45.9 Å². The minimum atomic E-state index is -1.37. The summed E-state index contributed by atoms with van der Waals surface area (Å²) in [6.45, 7) is 17.2. The Balaban J connectivity index is 0.486. The number of nitrogen functional groups attached to an aromatic ring is 2. The number of ether oxygens (including phenoxy) is 10. The number of nitrogens with zero attached hydrogens (tertiary/aromatic N) is 8. The van der Waals surface area contributed by atoms with Crippen LogP contribution in [0.2, 0.25) is 0 Å². The SMILES string of the molecule is C=C1C[C@H]2C=Nc3cc(OCCCCCOc4cc(N)c(C(=O)N5CC(=C)C[C@H]5C5OCCN5C(O)OCC(C)(C)SSCCC(=O)NCCNC(=O)CCOCCOCCOCCOCCNC(=O)CCN5C(=O)CC(SC[C@H](NC(=O)CCCNC(=O)c6ccc(NCc7cnc8nc(N)[nH]c(=O)c8n7)cc6)C(=O)O)C5=O)cc4OC)c(OC)cc3C(=O)N2C1. The van der Waals surface area contributed by atoms with Crippen LogP contribution in [0.1, 0.15) is 121 Å². The number of rotatable bonds is 55. The molecule has 0 aliphatic carbocycles. The van der Waals surface area contributed by atoms with Gasteiger partial charge < -0.3 is 111 Å². The number of carboxylic acids is 1. The third-order valence-electron chi connectivity index (χ3n) is 20.5. The number of fused-ring (bicyclic) bond motifs is 3. The van der Waals surface area contributed by atoms with Crippen LogP contribution in [0.25, 0.3) is 11.2 Å². The molecule has 6 atom stereocenters. The molecule has 2 aromatic heterocycles. The van der Waals surface area contributed by atoms with E-state index >= 15 is 0 Å². The molecule has 9 amide bonds. The summed E-state index contributed by atoms with van der Waals surface area (Å²) in [5.41, 5.74) is 16.5. The molecule has 3 aromatic carbocycles. The molecule has 5 aliphatic heterocycles. The maximum Gasteiger partial charge on any atom is 0.327 e. The van der Waals surface area contributed by atoms with E-state index in [1.165, 1.54) is 42.0 Å². The van der Waals surface area contributed by atoms with E-state index < -0.39 is 75.8 Å². The van der Waals surface area contributed by atoms with E-state index in [0.717, 1.165) is 34.2 Å². The molecule has 5 aromatic rings. The van der Waals surface area contributed by atoms with Crippen LogP contribution in [-0.2, 0) is 68.5 Å². The van der Waals surface area contributed by atoms with Crippen molar-refractivity contribution in [2.45, 2.75) is 132 Å². The summed E-state index contributed by atoms with van der Waals surface area (Å²) in [4.78, 5) is 166. The Morgan fingerprint density at radius 2 is 1.38 bits per heavy atom. The Morgan fingerprint density at radius 1 is 0.717 bits per heavy atom. The van der Waals surface area contributed by atoms with Crippen molar-refractivity contribution in [3.63, 3.8) is 0 Å². The molecule has 3 unspecified atom stereocenters. The van der Waals surface area contributed by atoms with Crippen LogP contribution < -0.4 is 67.9 Å². The number of nitrogens with one attached hydrogen (secondary N) is 7. The lowest BCUT2D eigenvalue weighted by Crippen LogP contribution is -2.53. The number of aromatic amines is 1. The third kappa shape index (κ3) is 29.9. The van der Waals surface area contributed by atoms with Crippen LogP contribution >= 0.6 is 33.3 Å². The first kappa shape index (κ1) is 98.4. The first-order valence-corrected chi connectivity index (χ1v) is 45.2. The van der Waals surface area contributed by atoms with Crippen LogP contribution in [0.3, 0.4) is 0 Å². The van der Waals surface area contributed by atoms with Gasteiger partial charge in [0, 0.05) is 136 Å². The highest BCUT2D eigenvalue weighted by Crippen LogP contribution is 2.41. The molecule has 0 spiro atoms. The van der Waals surface area contributed by atoms with Crippen molar-refractivity contribution < 1.29 is 106 Å². The highest BCUT2D eigenvalue weighted by Gasteiger charge is 2.46. The summed E-state index contributed by atoms with van der Waals surface area (Å²) in [5, 5.41) is 36.9. The number of methoxy groups -OCH3 is 2. The number of anilines is 3. The Morgan fingerprint density at radius 3 is 2.09 bits per heavy atom. The van der Waals surface area contributed by atoms with Gasteiger partial charge in [-0.3, -0.25) is 62.8 Å². The van der Waals surface area contributed by atoms with Gasteiger partial charge in [-0.2, -0.15) is 4.98 Å². The van der Waals surface area contributed by atoms with E-state index in [4.69, 9.17) is 58.8 Å². The number of aliphatic hydroxyl groups excluding tert-OH is 1. The lowest BCUT2D eigenvalue weighted by atomic mass is 10.1. The Bertz CT molecular complexity index is 4780. The normalized spacial score (nSPS) is 17.3. The van der Waals surface area contributed by atoms with Crippen molar-refractivity contribution in [3.8, 4) is 23.0 Å². The smallest absolute Gasteiger partial charge is 0.327 e. The van der Waals surface area contributed by atoms with Gasteiger partial charge in [0.25, 0.3) is 23.3 Å². The highest BCUT2D eigenvalue weighted by atomic mass is 33.1. The van der Waals surface area contributed by atoms with Crippen molar-refractivity contribution >= 4 is 133 Å². The molecule has 4 fully saturated rings. The number of carboxylic acid groups (broad SMARTS) is 1. The van der Waals surface area contributed by atoms with E-state index in [1.807, 2.05) is 13.8 Å². The number of benzene rings is 3. The number of thioether (sulfide) groups is 1. The number of hydrogen-bond donors (Lipinski definition) is 11. The fraction of sp³-hybridized carbons (Fsp3) is 0.536. The summed E-state index contributed by atoms with van der Waals surface area (Å²) in [5.74, 6) is -2.81. The molecule has 4 saturated heterocycles. The second-order valence-electron chi connectivity index (χ2n) is 30.7. The van der Waals surface area contributed by atoms with Gasteiger partial charge in [-0.05, 0) is 88.8 Å². The summed E-state index contributed by atoms with van der Waals surface area (Å²) < 4.78 is 57.4. The van der Waals surface area contributed by atoms with Gasteiger partial charge in [0.1, 0.15) is 12.3 Å². The molecular formula is C84H113N17O23S3. The van der Waals surface area contributed by atoms with E-state index in [-0.39, 0.29) is 201 Å². The zero-order chi connectivity index (χ0) is 90.9. The standard InChI is InChI=1S/C84H113N17O23S3/c1-51-37-56-46-92-60-42-66(64(116-6)40-58(60)78(110)100(56)47-51)122-26-9-7-8-25-121-65-41-59(85)57(39-63(65)115-5)77(109)101-48-52(2)38-62(101)80-99(24-29-123-80)83(114)124-50-84(3,4)127-126-36-18-70(104)88-21-20-87-69(103)17-27-117-30-32-119-34-35-120-33-31-118-28-22-89-68(102)16-23-98-72(106)43-67(79(98)111)125-49-61(81(112)113)95-71(105)11-10-19-90-75(107)53-12-14-54(15-13-53)91-44-55-45-93-74-73(94-55)76(108)97-82(86)96-74/h12-15,39-42,45-46,56,61-62,67,80,83,91,114H,1-2,7-11,16-38,43-44,47-50,85H2,3-6H3,(H,87,103)(H,88,104)(H,89,102)(H,90,107)(H,95,105)(H,112,113)(H3,86,93,96,97,108)/t56-,61-,62-,67?,80?,83?/m0/s1. The van der Waals surface area contributed by atoms with Gasteiger partial charge in [0.05, 0.1) is 146 Å². The van der Waals surface area contributed by atoms with Gasteiger partial charge in [0.2, 0.25) is 47.8 Å². The molecular weight excluding hydrogens is 1710 g/mol. The van der Waals surface area contributed by atoms with Crippen molar-refractivity contribution in [1.82, 2.24) is 66.1 Å². The second kappa shape index (κ2) is 49.6. The number of amides is 9. The number of carbonyl (C=O) groups is 10. The first-order chi connectivity index (χ1) is 61.1. The van der Waals surface area contributed by atoms with E-state index in [9.17, 15) is 63.0 Å². The second-order valence-corrected chi connectivity index (χ2v) is 35.1. The zero-order valence-corrected chi connectivity index (χ0v) is 74.1. The predicted molar refractivity (Wildman–Crippen MR) is 474 cm³/mol. The minimum absolute atomic E-state index is 0.0446. The predicted octanol–water partition coefficient (Wildman–Crippen LogP) is 3.73. The fourth-order valence-electron chi connectivity index (χ4n) is 13.9. The maximum atomic E-state index is 14.4. The molecule has 0 radical (unpaired) electrons. The quantitative estimate of drug-likeness (QED) is 0.00659. The van der Waals surface area contributed by atoms with Gasteiger partial charge in [0.15, 0.2) is 34.2 Å². The number of hydrogen-bond acceptors (Lipinski definition) is 33. The average Bonchev–Trinajstić information content (AvgIpc) is 1.66. The molecule has 0 saturated carbocycles. The van der Waals surface area contributed by atoms with Crippen molar-refractivity contribution in [1.29, 1.82) is 0 Å². The number of aliphatic hydroxyl groups is 1. The molecule has 690 valence electrons. The number of nitrogens with two attached hydrogens (primary N) is 2. The molecule has 127 heavy (non-hydrogen) atoms. The number of imide groups is 1. The first-order valence-electron chi connectivity index (χ1n) is 41.8. The van der Waals surface area contributed by atoms with Crippen LogP contribution in [0, 0.1) is 0 Å². The van der Waals surface area contributed by atoms with Gasteiger partial charge in [-0.25, -0.2) is 19.7 Å². The van der Waals surface area contributed by atoms with E-state index in [2.05, 4.69) is 70.0 Å². The summed E-state index contributed by atoms with van der Waals surface area (Å²) in [6, 6.07) is 11.1. The largest absolute Gasteiger partial charge is 0.493 e. The molecule has 0 bridgehead atoms. The maximum absolute atomic E-state index is 14.4. The Labute approximate surface area is 746 Å². The molecule has 13 N–H and O–H groups in total. The van der Waals surface area contributed by atoms with Crippen LogP contribution in [-0.4, -0.2) is 313 Å². The average molecular weight is 1830 g/mol. The third-order valence-corrected chi connectivity index (χ3v) is 25.1. The molecule has 5 aliphatic rings. The zero-order valence-electron chi connectivity index (χ0n) is 71.6. The number of unbranched alkanes of at least 4 members (excludes halogenated alkanes) is 2. The number of aliphatic carboxylic acids is 1. The van der Waals surface area contributed by atoms with Crippen LogP contribution in [0.4, 0.5) is 23.0 Å². The van der Waals surface area contributed by atoms with Crippen molar-refractivity contribution in [3.05, 3.63) is 112 Å². The Kier molecular flexibility index (Phi) is 38.4.